The van der Waals surface area contributed by atoms with Crippen molar-refractivity contribution in [1.82, 2.24) is 0 Å². The third kappa shape index (κ3) is 9.88. The van der Waals surface area contributed by atoms with Crippen LogP contribution in [-0.4, -0.2) is 26.2 Å². The van der Waals surface area contributed by atoms with E-state index >= 15 is 0 Å². The SMILES string of the molecule is [NH3+]CCCCC[NH2+]CCC[NH3+]. The lowest BCUT2D eigenvalue weighted by Crippen LogP contribution is -2.84. The van der Waals surface area contributed by atoms with E-state index < -0.39 is 0 Å². The summed E-state index contributed by atoms with van der Waals surface area (Å²) in [6.45, 7) is 4.72. The van der Waals surface area contributed by atoms with E-state index in [4.69, 9.17) is 0 Å². The molecule has 0 saturated heterocycles. The molecule has 68 valence electrons. The topological polar surface area (TPSA) is 71.9 Å². The van der Waals surface area contributed by atoms with E-state index in [0.29, 0.717) is 0 Å². The van der Waals surface area contributed by atoms with E-state index in [9.17, 15) is 0 Å². The lowest BCUT2D eigenvalue weighted by molar-refractivity contribution is -0.657. The molecule has 0 aliphatic carbocycles. The molecule has 3 heteroatoms. The van der Waals surface area contributed by atoms with Gasteiger partial charge < -0.3 is 16.8 Å². The fourth-order valence-corrected chi connectivity index (χ4v) is 1.08. The molecule has 3 nitrogen and oxygen atoms in total. The molecule has 0 amide bonds. The summed E-state index contributed by atoms with van der Waals surface area (Å²) in [6, 6.07) is 0. The molecule has 11 heavy (non-hydrogen) atoms. The van der Waals surface area contributed by atoms with Gasteiger partial charge in [-0.05, 0) is 19.3 Å². The van der Waals surface area contributed by atoms with Crippen LogP contribution < -0.4 is 16.8 Å². The van der Waals surface area contributed by atoms with Gasteiger partial charge in [0, 0.05) is 6.42 Å². The summed E-state index contributed by atoms with van der Waals surface area (Å²) in [5.41, 5.74) is 7.62. The highest BCUT2D eigenvalue weighted by atomic mass is 14.8. The minimum Gasteiger partial charge on any atom is -0.358 e. The summed E-state index contributed by atoms with van der Waals surface area (Å²) in [5.74, 6) is 0. The first-order chi connectivity index (χ1) is 5.41. The predicted octanol–water partition coefficient (Wildman–Crippen LogP) is -2.41. The monoisotopic (exact) mass is 162 g/mol. The average Bonchev–Trinajstić information content (AvgIpc) is 2.03. The molecule has 0 aliphatic heterocycles. The smallest absolute Gasteiger partial charge is 0.0809 e. The summed E-state index contributed by atoms with van der Waals surface area (Å²) in [4.78, 5) is 0. The molecule has 0 aromatic rings. The van der Waals surface area contributed by atoms with Crippen LogP contribution in [-0.2, 0) is 0 Å². The van der Waals surface area contributed by atoms with Crippen LogP contribution in [0.2, 0.25) is 0 Å². The third-order valence-corrected chi connectivity index (χ3v) is 1.82. The maximum absolute atomic E-state index is 3.81. The van der Waals surface area contributed by atoms with Crippen LogP contribution in [0.4, 0.5) is 0 Å². The van der Waals surface area contributed by atoms with Crippen LogP contribution in [0.25, 0.3) is 0 Å². The van der Waals surface area contributed by atoms with Crippen molar-refractivity contribution in [2.75, 3.05) is 26.2 Å². The van der Waals surface area contributed by atoms with Gasteiger partial charge in [0.05, 0.1) is 26.2 Å². The first-order valence-corrected chi connectivity index (χ1v) is 4.82. The Bertz CT molecular complexity index is 58.4. The maximum Gasteiger partial charge on any atom is 0.0809 e. The van der Waals surface area contributed by atoms with Crippen molar-refractivity contribution < 1.29 is 16.8 Å². The van der Waals surface area contributed by atoms with E-state index in [-0.39, 0.29) is 0 Å². The Hall–Kier alpha value is -0.120. The van der Waals surface area contributed by atoms with Crippen LogP contribution in [0.5, 0.6) is 0 Å². The predicted molar refractivity (Wildman–Crippen MR) is 45.6 cm³/mol. The molecule has 0 atom stereocenters. The fraction of sp³-hybridized carbons (Fsp3) is 1.00. The Morgan fingerprint density at radius 1 is 0.727 bits per heavy atom. The highest BCUT2D eigenvalue weighted by Crippen LogP contribution is 1.87. The van der Waals surface area contributed by atoms with Gasteiger partial charge in [0.15, 0.2) is 0 Å². The zero-order chi connectivity index (χ0) is 8.36. The molecule has 0 aromatic heterocycles. The molecular formula is C8H24N3+3. The van der Waals surface area contributed by atoms with Crippen LogP contribution in [0.3, 0.4) is 0 Å². The molecule has 0 aromatic carbocycles. The van der Waals surface area contributed by atoms with Crippen LogP contribution in [0, 0.1) is 0 Å². The minimum absolute atomic E-state index is 1.08. The van der Waals surface area contributed by atoms with Gasteiger partial charge in [-0.2, -0.15) is 0 Å². The first-order valence-electron chi connectivity index (χ1n) is 4.82. The van der Waals surface area contributed by atoms with Crippen molar-refractivity contribution in [3.05, 3.63) is 0 Å². The molecule has 0 aliphatic rings. The second kappa shape index (κ2) is 9.88. The van der Waals surface area contributed by atoms with Crippen molar-refractivity contribution in [1.29, 1.82) is 0 Å². The zero-order valence-electron chi connectivity index (χ0n) is 7.65. The molecule has 0 unspecified atom stereocenters. The van der Waals surface area contributed by atoms with E-state index in [1.807, 2.05) is 0 Å². The second-order valence-corrected chi connectivity index (χ2v) is 2.99. The Morgan fingerprint density at radius 2 is 1.36 bits per heavy atom. The number of nitrogens with two attached hydrogens (primary N) is 1. The molecule has 0 radical (unpaired) electrons. The average molecular weight is 162 g/mol. The van der Waals surface area contributed by atoms with Gasteiger partial charge in [-0.1, -0.05) is 0 Å². The fourth-order valence-electron chi connectivity index (χ4n) is 1.08. The van der Waals surface area contributed by atoms with Crippen molar-refractivity contribution in [2.24, 2.45) is 0 Å². The largest absolute Gasteiger partial charge is 0.358 e. The summed E-state index contributed by atoms with van der Waals surface area (Å²) >= 11 is 0. The summed E-state index contributed by atoms with van der Waals surface area (Å²) < 4.78 is 0. The van der Waals surface area contributed by atoms with E-state index in [0.717, 1.165) is 13.1 Å². The summed E-state index contributed by atoms with van der Waals surface area (Å²) in [5, 5.41) is 2.40. The Kier molecular flexibility index (Phi) is 9.77. The van der Waals surface area contributed by atoms with Gasteiger partial charge in [0.25, 0.3) is 0 Å². The lowest BCUT2D eigenvalue weighted by Gasteiger charge is -1.98. The number of quaternary nitrogens is 3. The van der Waals surface area contributed by atoms with E-state index in [1.165, 1.54) is 38.8 Å². The summed E-state index contributed by atoms with van der Waals surface area (Å²) in [7, 11) is 0. The number of hydrogen-bond donors (Lipinski definition) is 3. The zero-order valence-corrected chi connectivity index (χ0v) is 7.65. The molecule has 0 fully saturated rings. The molecule has 0 spiro atoms. The molecule has 8 N–H and O–H groups in total. The van der Waals surface area contributed by atoms with Crippen LogP contribution >= 0.6 is 0 Å². The second-order valence-electron chi connectivity index (χ2n) is 2.99. The number of unbranched alkanes of at least 4 members (excludes halogenated alkanes) is 2. The normalized spacial score (nSPS) is 10.4. The lowest BCUT2D eigenvalue weighted by atomic mass is 10.2. The molecule has 0 heterocycles. The molecule has 0 bridgehead atoms. The van der Waals surface area contributed by atoms with Crippen molar-refractivity contribution in [3.8, 4) is 0 Å². The van der Waals surface area contributed by atoms with E-state index in [1.54, 1.807) is 0 Å². The van der Waals surface area contributed by atoms with Gasteiger partial charge >= 0.3 is 0 Å². The Balaban J connectivity index is 2.69. The van der Waals surface area contributed by atoms with Gasteiger partial charge in [-0.25, -0.2) is 0 Å². The van der Waals surface area contributed by atoms with Gasteiger partial charge in [0.2, 0.25) is 0 Å². The van der Waals surface area contributed by atoms with Gasteiger partial charge in [-0.3, -0.25) is 0 Å². The van der Waals surface area contributed by atoms with Gasteiger partial charge in [-0.15, -0.1) is 0 Å². The highest BCUT2D eigenvalue weighted by Gasteiger charge is 1.91. The molecule has 0 rings (SSSR count). The highest BCUT2D eigenvalue weighted by molar-refractivity contribution is 4.36. The third-order valence-electron chi connectivity index (χ3n) is 1.82. The quantitative estimate of drug-likeness (QED) is 0.333. The minimum atomic E-state index is 1.08. The first kappa shape index (κ1) is 10.9. The van der Waals surface area contributed by atoms with Gasteiger partial charge in [0.1, 0.15) is 0 Å². The number of rotatable bonds is 8. The van der Waals surface area contributed by atoms with Crippen molar-refractivity contribution in [2.45, 2.75) is 25.7 Å². The summed E-state index contributed by atoms with van der Waals surface area (Å²) in [6.07, 6.45) is 5.26. The maximum atomic E-state index is 3.81. The van der Waals surface area contributed by atoms with Crippen molar-refractivity contribution >= 4 is 0 Å². The Morgan fingerprint density at radius 3 is 2.00 bits per heavy atom. The van der Waals surface area contributed by atoms with Crippen LogP contribution in [0.1, 0.15) is 25.7 Å². The standard InChI is InChI=1S/C8H21N3/c9-5-2-1-3-7-11-8-4-6-10/h11H,1-10H2/p+3. The van der Waals surface area contributed by atoms with Crippen LogP contribution in [0.15, 0.2) is 0 Å². The number of hydrogen-bond acceptors (Lipinski definition) is 0. The molecule has 0 saturated carbocycles. The Labute approximate surface area is 69.5 Å². The molecular weight excluding hydrogens is 138 g/mol. The van der Waals surface area contributed by atoms with Crippen molar-refractivity contribution in [3.63, 3.8) is 0 Å². The van der Waals surface area contributed by atoms with E-state index in [2.05, 4.69) is 16.8 Å².